The molecule has 0 radical (unpaired) electrons. The average molecular weight is 317 g/mol. The minimum atomic E-state index is -0.129. The van der Waals surface area contributed by atoms with E-state index in [1.807, 2.05) is 37.3 Å². The lowest BCUT2D eigenvalue weighted by Gasteiger charge is -2.19. The minimum absolute atomic E-state index is 0.0719. The van der Waals surface area contributed by atoms with Crippen molar-refractivity contribution in [3.63, 3.8) is 0 Å². The van der Waals surface area contributed by atoms with Gasteiger partial charge in [-0.25, -0.2) is 0 Å². The molecule has 0 unspecified atom stereocenters. The van der Waals surface area contributed by atoms with Crippen LogP contribution in [-0.4, -0.2) is 34.7 Å². The van der Waals surface area contributed by atoms with Crippen LogP contribution in [0.5, 0.6) is 0 Å². The van der Waals surface area contributed by atoms with Crippen LogP contribution in [0.3, 0.4) is 0 Å². The van der Waals surface area contributed by atoms with Gasteiger partial charge in [-0.15, -0.1) is 0 Å². The Kier molecular flexibility index (Phi) is 4.40. The summed E-state index contributed by atoms with van der Waals surface area (Å²) >= 11 is 5.30. The molecule has 1 saturated heterocycles. The number of amides is 1. The van der Waals surface area contributed by atoms with Crippen LogP contribution >= 0.6 is 12.2 Å². The second-order valence-corrected chi connectivity index (χ2v) is 5.92. The molecule has 116 valence electrons. The van der Waals surface area contributed by atoms with E-state index in [1.165, 1.54) is 0 Å². The molecule has 1 aromatic carbocycles. The number of aromatic nitrogens is 2. The third-order valence-electron chi connectivity index (χ3n) is 4.05. The number of aromatic amines is 1. The first-order valence-corrected chi connectivity index (χ1v) is 7.82. The predicted molar refractivity (Wildman–Crippen MR) is 86.8 cm³/mol. The topological polar surface area (TPSA) is 59.0 Å². The molecule has 3 rings (SSSR count). The van der Waals surface area contributed by atoms with Crippen molar-refractivity contribution in [2.45, 2.75) is 19.4 Å². The van der Waals surface area contributed by atoms with Crippen molar-refractivity contribution in [2.24, 2.45) is 5.92 Å². The van der Waals surface area contributed by atoms with Crippen LogP contribution in [0.4, 0.5) is 0 Å². The lowest BCUT2D eigenvalue weighted by Crippen LogP contribution is -2.39. The number of hydrogen-bond acceptors (Lipinski definition) is 3. The number of benzene rings is 1. The quantitative estimate of drug-likeness (QED) is 0.853. The van der Waals surface area contributed by atoms with Crippen LogP contribution in [0, 0.1) is 10.7 Å². The fourth-order valence-corrected chi connectivity index (χ4v) is 2.98. The Morgan fingerprint density at radius 1 is 1.45 bits per heavy atom. The molecule has 0 aliphatic carbocycles. The van der Waals surface area contributed by atoms with Crippen molar-refractivity contribution < 1.29 is 9.53 Å². The highest BCUT2D eigenvalue weighted by molar-refractivity contribution is 7.71. The molecule has 1 fully saturated rings. The summed E-state index contributed by atoms with van der Waals surface area (Å²) in [5.41, 5.74) is 1.39. The normalized spacial score (nSPS) is 19.0. The number of H-pyrrole nitrogens is 1. The maximum Gasteiger partial charge on any atom is 0.270 e. The van der Waals surface area contributed by atoms with Crippen molar-refractivity contribution in [1.82, 2.24) is 14.9 Å². The Morgan fingerprint density at radius 3 is 2.91 bits per heavy atom. The van der Waals surface area contributed by atoms with Gasteiger partial charge in [0.2, 0.25) is 0 Å². The second-order valence-electron chi connectivity index (χ2n) is 5.54. The minimum Gasteiger partial charge on any atom is -0.381 e. The van der Waals surface area contributed by atoms with Crippen LogP contribution in [0.2, 0.25) is 0 Å². The average Bonchev–Trinajstić information content (AvgIpc) is 3.17. The molecule has 1 amide bonds. The molecule has 2 N–H and O–H groups in total. The summed E-state index contributed by atoms with van der Waals surface area (Å²) in [6, 6.07) is 9.70. The van der Waals surface area contributed by atoms with E-state index >= 15 is 0 Å². The lowest BCUT2D eigenvalue weighted by molar-refractivity contribution is 0.0915. The molecule has 1 aromatic heterocycles. The van der Waals surface area contributed by atoms with E-state index in [9.17, 15) is 4.79 Å². The largest absolute Gasteiger partial charge is 0.381 e. The first-order chi connectivity index (χ1) is 10.7. The summed E-state index contributed by atoms with van der Waals surface area (Å²) in [7, 11) is 0. The zero-order valence-electron chi connectivity index (χ0n) is 12.4. The van der Waals surface area contributed by atoms with E-state index < -0.39 is 0 Å². The smallest absolute Gasteiger partial charge is 0.270 e. The van der Waals surface area contributed by atoms with E-state index in [0.717, 1.165) is 18.7 Å². The Balaban J connectivity index is 1.83. The molecular weight excluding hydrogens is 298 g/mol. The highest BCUT2D eigenvalue weighted by atomic mass is 32.1. The summed E-state index contributed by atoms with van der Waals surface area (Å²) in [5, 5.41) is 3.06. The first kappa shape index (κ1) is 15.0. The number of carbonyl (C=O) groups is 1. The number of ether oxygens (including phenoxy) is 1. The van der Waals surface area contributed by atoms with Crippen molar-refractivity contribution >= 4 is 18.1 Å². The summed E-state index contributed by atoms with van der Waals surface area (Å²) in [6.45, 7) is 3.50. The maximum atomic E-state index is 12.6. The van der Waals surface area contributed by atoms with Crippen LogP contribution < -0.4 is 5.32 Å². The number of nitrogens with zero attached hydrogens (tertiary/aromatic N) is 1. The monoisotopic (exact) mass is 317 g/mol. The molecule has 1 aliphatic heterocycles. The highest BCUT2D eigenvalue weighted by Gasteiger charge is 2.25. The Labute approximate surface area is 134 Å². The fourth-order valence-electron chi connectivity index (χ4n) is 2.71. The van der Waals surface area contributed by atoms with Gasteiger partial charge in [0.25, 0.3) is 5.91 Å². The van der Waals surface area contributed by atoms with Gasteiger partial charge in [0.1, 0.15) is 5.69 Å². The molecule has 5 nitrogen and oxygen atoms in total. The number of nitrogens with one attached hydrogen (secondary N) is 2. The van der Waals surface area contributed by atoms with E-state index in [0.29, 0.717) is 23.0 Å². The lowest BCUT2D eigenvalue weighted by atomic mass is 10.0. The SMILES string of the molecule is C[C@@H](NC(=O)c1c[nH]c(=S)n1-c1ccccc1)[C@@H]1CCOC1. The van der Waals surface area contributed by atoms with Crippen LogP contribution in [-0.2, 0) is 4.74 Å². The number of rotatable bonds is 4. The molecule has 22 heavy (non-hydrogen) atoms. The predicted octanol–water partition coefficient (Wildman–Crippen LogP) is 2.69. The number of imidazole rings is 1. The van der Waals surface area contributed by atoms with Gasteiger partial charge in [0.05, 0.1) is 6.61 Å². The third-order valence-corrected chi connectivity index (χ3v) is 4.35. The second kappa shape index (κ2) is 6.46. The molecule has 2 aromatic rings. The van der Waals surface area contributed by atoms with Crippen molar-refractivity contribution in [3.8, 4) is 5.69 Å². The summed E-state index contributed by atoms with van der Waals surface area (Å²) in [5.74, 6) is 0.242. The van der Waals surface area contributed by atoms with Gasteiger partial charge in [-0.3, -0.25) is 9.36 Å². The van der Waals surface area contributed by atoms with Crippen molar-refractivity contribution in [1.29, 1.82) is 0 Å². The van der Waals surface area contributed by atoms with E-state index in [2.05, 4.69) is 10.3 Å². The standard InChI is InChI=1S/C16H19N3O2S/c1-11(12-7-8-21-10-12)18-15(20)14-9-17-16(22)19(14)13-5-3-2-4-6-13/h2-6,9,11-12H,7-8,10H2,1H3,(H,17,22)(H,18,20)/t11-,12-/m1/s1. The molecule has 0 saturated carbocycles. The van der Waals surface area contributed by atoms with Crippen LogP contribution in [0.25, 0.3) is 5.69 Å². The van der Waals surface area contributed by atoms with Gasteiger partial charge >= 0.3 is 0 Å². The summed E-state index contributed by atoms with van der Waals surface area (Å²) in [4.78, 5) is 15.5. The first-order valence-electron chi connectivity index (χ1n) is 7.41. The maximum absolute atomic E-state index is 12.6. The van der Waals surface area contributed by atoms with Gasteiger partial charge < -0.3 is 15.0 Å². The number of para-hydroxylation sites is 1. The van der Waals surface area contributed by atoms with E-state index in [1.54, 1.807) is 10.8 Å². The highest BCUT2D eigenvalue weighted by Crippen LogP contribution is 2.18. The zero-order chi connectivity index (χ0) is 15.5. The Bertz CT molecular complexity index is 702. The van der Waals surface area contributed by atoms with Crippen molar-refractivity contribution in [3.05, 3.63) is 47.0 Å². The molecule has 6 heteroatoms. The van der Waals surface area contributed by atoms with Gasteiger partial charge in [-0.05, 0) is 37.7 Å². The number of carbonyl (C=O) groups excluding carboxylic acids is 1. The van der Waals surface area contributed by atoms with Crippen LogP contribution in [0.15, 0.2) is 36.5 Å². The van der Waals surface area contributed by atoms with Gasteiger partial charge in [-0.2, -0.15) is 0 Å². The van der Waals surface area contributed by atoms with Gasteiger partial charge in [-0.1, -0.05) is 18.2 Å². The molecule has 0 spiro atoms. The summed E-state index contributed by atoms with van der Waals surface area (Å²) in [6.07, 6.45) is 2.64. The fraction of sp³-hybridized carbons (Fsp3) is 0.375. The van der Waals surface area contributed by atoms with Gasteiger partial charge in [0, 0.05) is 30.5 Å². The number of hydrogen-bond donors (Lipinski definition) is 2. The molecule has 0 bridgehead atoms. The third kappa shape index (κ3) is 2.98. The van der Waals surface area contributed by atoms with Crippen LogP contribution in [0.1, 0.15) is 23.8 Å². The molecular formula is C16H19N3O2S. The molecule has 2 heterocycles. The molecule has 2 atom stereocenters. The van der Waals surface area contributed by atoms with Crippen molar-refractivity contribution in [2.75, 3.05) is 13.2 Å². The van der Waals surface area contributed by atoms with Gasteiger partial charge in [0.15, 0.2) is 4.77 Å². The zero-order valence-corrected chi connectivity index (χ0v) is 13.2. The summed E-state index contributed by atoms with van der Waals surface area (Å²) < 4.78 is 7.64. The Hall–Kier alpha value is -1.92. The van der Waals surface area contributed by atoms with E-state index in [-0.39, 0.29) is 11.9 Å². The Morgan fingerprint density at radius 2 is 2.23 bits per heavy atom. The van der Waals surface area contributed by atoms with E-state index in [4.69, 9.17) is 17.0 Å². The molecule has 1 aliphatic rings.